The van der Waals surface area contributed by atoms with Gasteiger partial charge in [0, 0.05) is 39.6 Å². The van der Waals surface area contributed by atoms with E-state index >= 15 is 0 Å². The topological polar surface area (TPSA) is 48.6 Å². The van der Waals surface area contributed by atoms with Crippen molar-refractivity contribution in [3.63, 3.8) is 0 Å². The lowest BCUT2D eigenvalue weighted by atomic mass is 9.64. The summed E-state index contributed by atoms with van der Waals surface area (Å²) in [5, 5.41) is 2.47. The van der Waals surface area contributed by atoms with Gasteiger partial charge in [0.05, 0.1) is 11.0 Å². The zero-order chi connectivity index (χ0) is 35.1. The minimum absolute atomic E-state index is 0.00253. The van der Waals surface area contributed by atoms with Crippen LogP contribution in [0.3, 0.4) is 0 Å². The van der Waals surface area contributed by atoms with E-state index in [-0.39, 0.29) is 16.9 Å². The summed E-state index contributed by atoms with van der Waals surface area (Å²) in [6, 6.07) is 24.6. The second kappa shape index (κ2) is 10.1. The third-order valence-corrected chi connectivity index (χ3v) is 12.0. The standard InChI is InChI=1S/C45H45N3O2/c1-24-13-14-32-34(17-24)43(6,7)23-39-45(32,10)47-42(50-39)29-21-37(27(4)19-26(29)3)49-38-22-36-30(20-28(38)5)31-16-25(2)18-35-40(31)48(36)41-33(44(35,8)9)12-11-15-46-41/h11-22,39H,23H2,1-10H3/t39-,45+/m0/s1. The van der Waals surface area contributed by atoms with E-state index in [1.165, 1.54) is 49.7 Å². The number of aliphatic imine (C=N–C) groups is 1. The van der Waals surface area contributed by atoms with E-state index in [2.05, 4.69) is 141 Å². The summed E-state index contributed by atoms with van der Waals surface area (Å²) in [5.41, 5.74) is 13.7. The van der Waals surface area contributed by atoms with Gasteiger partial charge >= 0.3 is 0 Å². The van der Waals surface area contributed by atoms with Crippen molar-refractivity contribution in [3.05, 3.63) is 129 Å². The van der Waals surface area contributed by atoms with Crippen LogP contribution in [0.1, 0.15) is 96.7 Å². The average Bonchev–Trinajstić information content (AvgIpc) is 3.55. The van der Waals surface area contributed by atoms with Gasteiger partial charge in [0.2, 0.25) is 5.90 Å². The molecule has 0 amide bonds. The van der Waals surface area contributed by atoms with Crippen LogP contribution in [0.5, 0.6) is 11.5 Å². The first-order valence-electron chi connectivity index (χ1n) is 17.9. The molecule has 0 bridgehead atoms. The van der Waals surface area contributed by atoms with Crippen LogP contribution in [0.25, 0.3) is 27.6 Å². The van der Waals surface area contributed by atoms with Crippen molar-refractivity contribution in [1.82, 2.24) is 9.55 Å². The fraction of sp³-hybridized carbons (Fsp3) is 0.333. The monoisotopic (exact) mass is 659 g/mol. The van der Waals surface area contributed by atoms with Crippen LogP contribution in [-0.4, -0.2) is 21.6 Å². The van der Waals surface area contributed by atoms with E-state index in [4.69, 9.17) is 19.5 Å². The van der Waals surface area contributed by atoms with Gasteiger partial charge in [0.15, 0.2) is 0 Å². The van der Waals surface area contributed by atoms with Gasteiger partial charge in [0.25, 0.3) is 0 Å². The van der Waals surface area contributed by atoms with Crippen molar-refractivity contribution >= 4 is 27.7 Å². The van der Waals surface area contributed by atoms with Gasteiger partial charge in [-0.1, -0.05) is 75.2 Å². The minimum atomic E-state index is -0.442. The Morgan fingerprint density at radius 3 is 2.26 bits per heavy atom. The molecule has 6 aromatic rings. The summed E-state index contributed by atoms with van der Waals surface area (Å²) in [6.45, 7) is 22.3. The molecule has 2 aliphatic heterocycles. The quantitative estimate of drug-likeness (QED) is 0.190. The SMILES string of the molecule is Cc1ccc2c(c1)C(C)(C)C[C@@H]1OC(c3cc(Oc4cc5c(cc4C)c4cc(C)cc6c4n5-c4ncccc4C6(C)C)c(C)cc3C)=N[C@]21C. The summed E-state index contributed by atoms with van der Waals surface area (Å²) in [4.78, 5) is 10.3. The van der Waals surface area contributed by atoms with Gasteiger partial charge in [-0.15, -0.1) is 0 Å². The number of aromatic nitrogens is 2. The van der Waals surface area contributed by atoms with Crippen molar-refractivity contribution in [2.24, 2.45) is 4.99 Å². The number of ether oxygens (including phenoxy) is 2. The van der Waals surface area contributed by atoms with Gasteiger partial charge in [0.1, 0.15) is 29.0 Å². The summed E-state index contributed by atoms with van der Waals surface area (Å²) in [5.74, 6) is 3.33. The smallest absolute Gasteiger partial charge is 0.217 e. The number of aryl methyl sites for hydroxylation is 5. The number of hydrogen-bond acceptors (Lipinski definition) is 4. The molecule has 2 atom stereocenters. The highest BCUT2D eigenvalue weighted by atomic mass is 16.5. The van der Waals surface area contributed by atoms with Crippen LogP contribution < -0.4 is 4.74 Å². The maximum absolute atomic E-state index is 6.90. The van der Waals surface area contributed by atoms with E-state index in [1.54, 1.807) is 0 Å². The maximum atomic E-state index is 6.90. The fourth-order valence-corrected chi connectivity index (χ4v) is 9.12. The van der Waals surface area contributed by atoms with Crippen molar-refractivity contribution in [2.45, 2.75) is 98.1 Å². The van der Waals surface area contributed by atoms with Crippen LogP contribution in [0.15, 0.2) is 77.9 Å². The molecule has 2 aromatic heterocycles. The molecule has 0 spiro atoms. The van der Waals surface area contributed by atoms with Gasteiger partial charge < -0.3 is 9.47 Å². The highest BCUT2D eigenvalue weighted by Gasteiger charge is 2.52. The molecular formula is C45H45N3O2. The molecule has 3 aliphatic rings. The molecule has 0 unspecified atom stereocenters. The van der Waals surface area contributed by atoms with Gasteiger partial charge in [-0.2, -0.15) is 0 Å². The molecule has 0 saturated carbocycles. The van der Waals surface area contributed by atoms with Crippen LogP contribution in [0, 0.1) is 34.6 Å². The first-order valence-corrected chi connectivity index (χ1v) is 17.9. The average molecular weight is 660 g/mol. The zero-order valence-electron chi connectivity index (χ0n) is 30.9. The largest absolute Gasteiger partial charge is 0.471 e. The first kappa shape index (κ1) is 31.1. The molecule has 4 heterocycles. The molecule has 9 rings (SSSR count). The van der Waals surface area contributed by atoms with E-state index < -0.39 is 5.54 Å². The normalized spacial score (nSPS) is 21.0. The van der Waals surface area contributed by atoms with Crippen molar-refractivity contribution < 1.29 is 9.47 Å². The van der Waals surface area contributed by atoms with E-state index in [9.17, 15) is 0 Å². The van der Waals surface area contributed by atoms with Gasteiger partial charge in [-0.05, 0) is 111 Å². The third kappa shape index (κ3) is 4.19. The van der Waals surface area contributed by atoms with E-state index in [0.29, 0.717) is 5.90 Å². The Bertz CT molecular complexity index is 2500. The summed E-state index contributed by atoms with van der Waals surface area (Å²) >= 11 is 0. The Hall–Kier alpha value is -4.90. The molecule has 0 fully saturated rings. The predicted molar refractivity (Wildman–Crippen MR) is 204 cm³/mol. The number of nitrogens with zero attached hydrogens (tertiary/aromatic N) is 3. The Morgan fingerprint density at radius 2 is 1.46 bits per heavy atom. The molecule has 0 radical (unpaired) electrons. The zero-order valence-corrected chi connectivity index (χ0v) is 30.9. The molecule has 252 valence electrons. The minimum Gasteiger partial charge on any atom is -0.471 e. The molecule has 5 heteroatoms. The lowest BCUT2D eigenvalue weighted by molar-refractivity contribution is 0.0971. The summed E-state index contributed by atoms with van der Waals surface area (Å²) in [7, 11) is 0. The molecule has 5 nitrogen and oxygen atoms in total. The number of fused-ring (bicyclic) bond motifs is 8. The lowest BCUT2D eigenvalue weighted by Gasteiger charge is -2.43. The number of hydrogen-bond donors (Lipinski definition) is 0. The first-order chi connectivity index (χ1) is 23.7. The molecule has 1 aliphatic carbocycles. The Balaban J connectivity index is 1.17. The maximum Gasteiger partial charge on any atom is 0.217 e. The molecule has 0 saturated heterocycles. The summed E-state index contributed by atoms with van der Waals surface area (Å²) in [6.07, 6.45) is 2.78. The van der Waals surface area contributed by atoms with Crippen molar-refractivity contribution in [2.75, 3.05) is 0 Å². The number of rotatable bonds is 3. The van der Waals surface area contributed by atoms with E-state index in [0.717, 1.165) is 51.5 Å². The highest BCUT2D eigenvalue weighted by molar-refractivity contribution is 6.12. The van der Waals surface area contributed by atoms with Crippen LogP contribution >= 0.6 is 0 Å². The van der Waals surface area contributed by atoms with Gasteiger partial charge in [-0.3, -0.25) is 4.57 Å². The number of benzene rings is 4. The molecule has 50 heavy (non-hydrogen) atoms. The Morgan fingerprint density at radius 1 is 0.720 bits per heavy atom. The van der Waals surface area contributed by atoms with Crippen LogP contribution in [0.4, 0.5) is 0 Å². The lowest BCUT2D eigenvalue weighted by Crippen LogP contribution is -2.44. The third-order valence-electron chi connectivity index (χ3n) is 12.0. The molecular weight excluding hydrogens is 615 g/mol. The van der Waals surface area contributed by atoms with Crippen LogP contribution in [0.2, 0.25) is 0 Å². The molecule has 4 aromatic carbocycles. The molecule has 0 N–H and O–H groups in total. The fourth-order valence-electron chi connectivity index (χ4n) is 9.12. The predicted octanol–water partition coefficient (Wildman–Crippen LogP) is 10.9. The van der Waals surface area contributed by atoms with E-state index in [1.807, 2.05) is 6.20 Å². The highest BCUT2D eigenvalue weighted by Crippen LogP contribution is 2.52. The Labute approximate surface area is 295 Å². The second-order valence-electron chi connectivity index (χ2n) is 16.5. The number of pyridine rings is 1. The van der Waals surface area contributed by atoms with Crippen molar-refractivity contribution in [1.29, 1.82) is 0 Å². The van der Waals surface area contributed by atoms with Gasteiger partial charge in [-0.25, -0.2) is 9.98 Å². The Kier molecular flexibility index (Phi) is 6.28. The second-order valence-corrected chi connectivity index (χ2v) is 16.5. The van der Waals surface area contributed by atoms with Crippen LogP contribution in [-0.2, 0) is 21.1 Å². The summed E-state index contributed by atoms with van der Waals surface area (Å²) < 4.78 is 16.1. The van der Waals surface area contributed by atoms with Crippen molar-refractivity contribution in [3.8, 4) is 17.3 Å².